The van der Waals surface area contributed by atoms with Gasteiger partial charge >= 0.3 is 5.97 Å². The molecule has 5 heteroatoms. The highest BCUT2D eigenvalue weighted by Gasteiger charge is 2.25. The van der Waals surface area contributed by atoms with E-state index < -0.39 is 5.97 Å². The average molecular weight is 379 g/mol. The summed E-state index contributed by atoms with van der Waals surface area (Å²) in [5.41, 5.74) is 6.88. The second-order valence-corrected chi connectivity index (χ2v) is 7.40. The molecule has 0 spiro atoms. The summed E-state index contributed by atoms with van der Waals surface area (Å²) in [6.07, 6.45) is 2.00. The molecule has 1 saturated heterocycles. The Hall–Kier alpha value is -2.63. The Kier molecular flexibility index (Phi) is 5.46. The molecule has 146 valence electrons. The molecular weight excluding hydrogens is 354 g/mol. The lowest BCUT2D eigenvalue weighted by atomic mass is 9.86. The van der Waals surface area contributed by atoms with Gasteiger partial charge in [-0.25, -0.2) is 0 Å². The van der Waals surface area contributed by atoms with Crippen LogP contribution in [0, 0.1) is 0 Å². The molecule has 0 unspecified atom stereocenters. The van der Waals surface area contributed by atoms with E-state index in [0.29, 0.717) is 13.2 Å². The number of fused-ring (bicyclic) bond motifs is 2. The van der Waals surface area contributed by atoms with Crippen molar-refractivity contribution in [2.45, 2.75) is 32.5 Å². The number of hydrogen-bond acceptors (Lipinski definition) is 4. The minimum atomic E-state index is -0.746. The van der Waals surface area contributed by atoms with Crippen LogP contribution >= 0.6 is 0 Å². The van der Waals surface area contributed by atoms with Gasteiger partial charge < -0.3 is 19.8 Å². The van der Waals surface area contributed by atoms with Gasteiger partial charge in [-0.05, 0) is 47.2 Å². The third kappa shape index (κ3) is 3.81. The Labute approximate surface area is 164 Å². The summed E-state index contributed by atoms with van der Waals surface area (Å²) in [6, 6.07) is 14.3. The summed E-state index contributed by atoms with van der Waals surface area (Å²) in [5.74, 6) is 0.105. The average Bonchev–Trinajstić information content (AvgIpc) is 2.89. The highest BCUT2D eigenvalue weighted by atomic mass is 16.5. The Morgan fingerprint density at radius 3 is 2.61 bits per heavy atom. The fourth-order valence-electron chi connectivity index (χ4n) is 4.12. The fourth-order valence-corrected chi connectivity index (χ4v) is 4.12. The number of nitrogens with zero attached hydrogens (tertiary/aromatic N) is 1. The molecule has 0 atom stereocenters. The van der Waals surface area contributed by atoms with E-state index in [1.807, 2.05) is 24.3 Å². The summed E-state index contributed by atoms with van der Waals surface area (Å²) in [4.78, 5) is 13.1. The van der Waals surface area contributed by atoms with Crippen molar-refractivity contribution in [2.75, 3.05) is 19.6 Å². The van der Waals surface area contributed by atoms with Crippen LogP contribution in [0.1, 0.15) is 41.5 Å². The molecule has 2 heterocycles. The first-order valence-corrected chi connectivity index (χ1v) is 9.77. The first-order chi connectivity index (χ1) is 13.7. The van der Waals surface area contributed by atoms with Crippen molar-refractivity contribution < 1.29 is 19.7 Å². The van der Waals surface area contributed by atoms with Gasteiger partial charge in [0.15, 0.2) is 0 Å². The topological polar surface area (TPSA) is 70.0 Å². The molecule has 0 amide bonds. The predicted octanol–water partition coefficient (Wildman–Crippen LogP) is 3.44. The number of carboxylic acid groups (broad SMARTS) is 1. The standard InChI is InChI=1S/C23H25NO4/c25-14-16-5-6-21-20(13-16)23(19-4-2-1-3-18(19)15-28-21)17-7-10-24(11-8-17)12-9-22(26)27/h1-6,13,25H,7-12,14-15H2,(H,26,27). The summed E-state index contributed by atoms with van der Waals surface area (Å²) < 4.78 is 6.09. The lowest BCUT2D eigenvalue weighted by molar-refractivity contribution is -0.137. The number of carbonyl (C=O) groups is 1. The highest BCUT2D eigenvalue weighted by molar-refractivity contribution is 5.87. The first-order valence-electron chi connectivity index (χ1n) is 9.77. The van der Waals surface area contributed by atoms with Crippen LogP contribution in [0.3, 0.4) is 0 Å². The Bertz CT molecular complexity index is 909. The van der Waals surface area contributed by atoms with Crippen molar-refractivity contribution in [3.05, 3.63) is 70.3 Å². The molecule has 2 N–H and O–H groups in total. The number of likely N-dealkylation sites (tertiary alicyclic amines) is 1. The fraction of sp³-hybridized carbons (Fsp3) is 0.348. The van der Waals surface area contributed by atoms with Crippen molar-refractivity contribution in [3.63, 3.8) is 0 Å². The van der Waals surface area contributed by atoms with E-state index in [0.717, 1.165) is 42.8 Å². The summed E-state index contributed by atoms with van der Waals surface area (Å²) in [5, 5.41) is 18.6. The molecule has 1 fully saturated rings. The number of aliphatic hydroxyl groups is 1. The van der Waals surface area contributed by atoms with E-state index >= 15 is 0 Å². The molecule has 0 aromatic heterocycles. The van der Waals surface area contributed by atoms with Crippen LogP contribution in [0.25, 0.3) is 5.57 Å². The lowest BCUT2D eigenvalue weighted by Gasteiger charge is -2.30. The molecule has 2 aromatic carbocycles. The van der Waals surface area contributed by atoms with E-state index in [4.69, 9.17) is 9.84 Å². The second-order valence-electron chi connectivity index (χ2n) is 7.40. The largest absolute Gasteiger partial charge is 0.488 e. The van der Waals surface area contributed by atoms with Crippen molar-refractivity contribution in [1.82, 2.24) is 4.90 Å². The van der Waals surface area contributed by atoms with Crippen LogP contribution in [0.2, 0.25) is 0 Å². The van der Waals surface area contributed by atoms with Crippen molar-refractivity contribution in [3.8, 4) is 5.75 Å². The van der Waals surface area contributed by atoms with Gasteiger partial charge in [0.25, 0.3) is 0 Å². The van der Waals surface area contributed by atoms with Crippen LogP contribution < -0.4 is 4.74 Å². The quantitative estimate of drug-likeness (QED) is 0.852. The minimum Gasteiger partial charge on any atom is -0.488 e. The number of carboxylic acids is 1. The highest BCUT2D eigenvalue weighted by Crippen LogP contribution is 2.41. The molecule has 0 radical (unpaired) electrons. The zero-order valence-corrected chi connectivity index (χ0v) is 15.9. The van der Waals surface area contributed by atoms with Crippen LogP contribution in [0.5, 0.6) is 5.75 Å². The van der Waals surface area contributed by atoms with Crippen LogP contribution in [0.4, 0.5) is 0 Å². The predicted molar refractivity (Wildman–Crippen MR) is 107 cm³/mol. The van der Waals surface area contributed by atoms with E-state index in [2.05, 4.69) is 23.1 Å². The zero-order valence-electron chi connectivity index (χ0n) is 15.9. The molecule has 0 bridgehead atoms. The monoisotopic (exact) mass is 379 g/mol. The Balaban J connectivity index is 1.73. The van der Waals surface area contributed by atoms with Crippen LogP contribution in [-0.2, 0) is 18.0 Å². The van der Waals surface area contributed by atoms with Gasteiger partial charge in [-0.15, -0.1) is 0 Å². The summed E-state index contributed by atoms with van der Waals surface area (Å²) in [7, 11) is 0. The zero-order chi connectivity index (χ0) is 19.5. The van der Waals surface area contributed by atoms with Crippen molar-refractivity contribution in [1.29, 1.82) is 0 Å². The van der Waals surface area contributed by atoms with Crippen LogP contribution in [-0.4, -0.2) is 40.7 Å². The number of benzene rings is 2. The lowest BCUT2D eigenvalue weighted by Crippen LogP contribution is -2.33. The number of ether oxygens (including phenoxy) is 1. The Morgan fingerprint density at radius 1 is 1.07 bits per heavy atom. The molecule has 4 rings (SSSR count). The molecular formula is C23H25NO4. The van der Waals surface area contributed by atoms with Gasteiger partial charge in [0.05, 0.1) is 13.0 Å². The van der Waals surface area contributed by atoms with E-state index in [1.165, 1.54) is 22.3 Å². The molecule has 2 aliphatic heterocycles. The third-order valence-corrected chi connectivity index (χ3v) is 5.62. The molecule has 5 nitrogen and oxygen atoms in total. The maximum atomic E-state index is 10.9. The Morgan fingerprint density at radius 2 is 1.86 bits per heavy atom. The second kappa shape index (κ2) is 8.17. The smallest absolute Gasteiger partial charge is 0.304 e. The maximum absolute atomic E-state index is 10.9. The first kappa shape index (κ1) is 18.7. The van der Waals surface area contributed by atoms with Crippen LogP contribution in [0.15, 0.2) is 48.0 Å². The van der Waals surface area contributed by atoms with E-state index in [-0.39, 0.29) is 13.0 Å². The minimum absolute atomic E-state index is 0.000502. The van der Waals surface area contributed by atoms with Gasteiger partial charge in [0, 0.05) is 25.2 Å². The number of aliphatic carboxylic acids is 1. The molecule has 2 aromatic rings. The van der Waals surface area contributed by atoms with Gasteiger partial charge in [-0.1, -0.05) is 35.9 Å². The van der Waals surface area contributed by atoms with Gasteiger partial charge in [0.1, 0.15) is 12.4 Å². The van der Waals surface area contributed by atoms with Gasteiger partial charge in [0.2, 0.25) is 0 Å². The summed E-state index contributed by atoms with van der Waals surface area (Å²) >= 11 is 0. The molecule has 0 saturated carbocycles. The van der Waals surface area contributed by atoms with Crippen molar-refractivity contribution >= 4 is 11.5 Å². The molecule has 28 heavy (non-hydrogen) atoms. The van der Waals surface area contributed by atoms with E-state index in [1.54, 1.807) is 0 Å². The number of hydrogen-bond donors (Lipinski definition) is 2. The third-order valence-electron chi connectivity index (χ3n) is 5.62. The normalized spacial score (nSPS) is 16.8. The SMILES string of the molecule is O=C(O)CCN1CCC(=C2c3ccccc3COc3ccc(CO)cc32)CC1. The number of rotatable bonds is 4. The number of aliphatic hydroxyl groups excluding tert-OH is 1. The van der Waals surface area contributed by atoms with Gasteiger partial charge in [-0.2, -0.15) is 0 Å². The van der Waals surface area contributed by atoms with Gasteiger partial charge in [-0.3, -0.25) is 4.79 Å². The molecule has 2 aliphatic rings. The summed E-state index contributed by atoms with van der Waals surface area (Å²) in [6.45, 7) is 2.86. The number of piperidine rings is 1. The van der Waals surface area contributed by atoms with Crippen molar-refractivity contribution in [2.24, 2.45) is 0 Å². The maximum Gasteiger partial charge on any atom is 0.304 e. The van der Waals surface area contributed by atoms with E-state index in [9.17, 15) is 9.90 Å². The molecule has 0 aliphatic carbocycles.